The largest absolute Gasteiger partial charge is 0.309 e. The Kier molecular flexibility index (Phi) is 4.58. The Labute approximate surface area is 161 Å². The third kappa shape index (κ3) is 3.18. The minimum absolute atomic E-state index is 0.00737. The van der Waals surface area contributed by atoms with Gasteiger partial charge in [-0.2, -0.15) is 15.6 Å². The van der Waals surface area contributed by atoms with Crippen molar-refractivity contribution >= 4 is 33.0 Å². The highest BCUT2D eigenvalue weighted by molar-refractivity contribution is 7.89. The molecule has 9 heteroatoms. The first-order valence-electron chi connectivity index (χ1n) is 8.61. The standard InChI is InChI=1S/C18H20FN3O3S2/c1-20-10-17(23)22(15-5-8-26-11-15)13-18(20)6-7-21(12-18)27(24,25)16-4-2-3-14(19)9-16/h2-5,8-9,11H,6-7,10,12-13H2,1H3/t18-/m0/s1. The number of nitrogens with zero attached hydrogens (tertiary/aromatic N) is 3. The normalized spacial score (nSPS) is 24.8. The average molecular weight is 410 g/mol. The van der Waals surface area contributed by atoms with E-state index in [-0.39, 0.29) is 23.9 Å². The number of benzene rings is 1. The summed E-state index contributed by atoms with van der Waals surface area (Å²) in [6.45, 7) is 1.29. The fourth-order valence-corrected chi connectivity index (χ4v) is 6.04. The SMILES string of the molecule is CN1CC(=O)N(c2ccsc2)C[C@@]12CCN(S(=O)(=O)c1cccc(F)c1)C2. The van der Waals surface area contributed by atoms with Crippen LogP contribution in [0.2, 0.25) is 0 Å². The van der Waals surface area contributed by atoms with Gasteiger partial charge in [-0.05, 0) is 43.1 Å². The summed E-state index contributed by atoms with van der Waals surface area (Å²) < 4.78 is 40.8. The molecular weight excluding hydrogens is 389 g/mol. The molecular formula is C18H20FN3O3S2. The maximum absolute atomic E-state index is 13.5. The topological polar surface area (TPSA) is 60.9 Å². The van der Waals surface area contributed by atoms with Crippen LogP contribution in [0.3, 0.4) is 0 Å². The molecule has 144 valence electrons. The summed E-state index contributed by atoms with van der Waals surface area (Å²) in [5, 5.41) is 3.84. The van der Waals surface area contributed by atoms with Gasteiger partial charge in [0.25, 0.3) is 0 Å². The Balaban J connectivity index is 1.61. The van der Waals surface area contributed by atoms with E-state index in [1.807, 2.05) is 28.8 Å². The summed E-state index contributed by atoms with van der Waals surface area (Å²) in [5.74, 6) is -0.568. The summed E-state index contributed by atoms with van der Waals surface area (Å²) in [6.07, 6.45) is 0.617. The minimum Gasteiger partial charge on any atom is -0.309 e. The van der Waals surface area contributed by atoms with Crippen LogP contribution >= 0.6 is 11.3 Å². The Morgan fingerprint density at radius 3 is 2.74 bits per heavy atom. The fraction of sp³-hybridized carbons (Fsp3) is 0.389. The molecule has 2 aromatic rings. The number of anilines is 1. The van der Waals surface area contributed by atoms with Gasteiger partial charge >= 0.3 is 0 Å². The van der Waals surface area contributed by atoms with Crippen molar-refractivity contribution in [3.63, 3.8) is 0 Å². The molecule has 4 rings (SSSR count). The maximum Gasteiger partial charge on any atom is 0.243 e. The first kappa shape index (κ1) is 18.5. The number of amides is 1. The van der Waals surface area contributed by atoms with Crippen LogP contribution in [0, 0.1) is 5.82 Å². The number of hydrogen-bond acceptors (Lipinski definition) is 5. The summed E-state index contributed by atoms with van der Waals surface area (Å²) in [7, 11) is -1.92. The molecule has 2 aliphatic heterocycles. The third-order valence-corrected chi connectivity index (χ3v) is 8.00. The molecule has 27 heavy (non-hydrogen) atoms. The van der Waals surface area contributed by atoms with E-state index in [4.69, 9.17) is 0 Å². The first-order chi connectivity index (χ1) is 12.8. The van der Waals surface area contributed by atoms with Crippen LogP contribution in [0.5, 0.6) is 0 Å². The second kappa shape index (κ2) is 6.66. The number of likely N-dealkylation sites (N-methyl/N-ethyl adjacent to an activating group) is 1. The molecule has 2 saturated heterocycles. The summed E-state index contributed by atoms with van der Waals surface area (Å²) in [5.41, 5.74) is 0.403. The van der Waals surface area contributed by atoms with E-state index < -0.39 is 21.4 Å². The van der Waals surface area contributed by atoms with E-state index in [2.05, 4.69) is 0 Å². The molecule has 0 bridgehead atoms. The molecule has 2 aliphatic rings. The predicted molar refractivity (Wildman–Crippen MR) is 102 cm³/mol. The zero-order valence-corrected chi connectivity index (χ0v) is 16.5. The van der Waals surface area contributed by atoms with Gasteiger partial charge in [-0.3, -0.25) is 9.69 Å². The summed E-state index contributed by atoms with van der Waals surface area (Å²) >= 11 is 1.52. The monoisotopic (exact) mass is 409 g/mol. The van der Waals surface area contributed by atoms with Gasteiger partial charge in [0.05, 0.1) is 22.7 Å². The Morgan fingerprint density at radius 2 is 2.04 bits per heavy atom. The first-order valence-corrected chi connectivity index (χ1v) is 11.0. The highest BCUT2D eigenvalue weighted by Crippen LogP contribution is 2.36. The number of carbonyl (C=O) groups is 1. The van der Waals surface area contributed by atoms with Crippen LogP contribution in [0.15, 0.2) is 46.0 Å². The number of thiophene rings is 1. The molecule has 2 fully saturated rings. The van der Waals surface area contributed by atoms with Crippen molar-refractivity contribution in [1.82, 2.24) is 9.21 Å². The van der Waals surface area contributed by atoms with Crippen molar-refractivity contribution in [1.29, 1.82) is 0 Å². The number of carbonyl (C=O) groups excluding carboxylic acids is 1. The molecule has 0 aliphatic carbocycles. The van der Waals surface area contributed by atoms with Crippen molar-refractivity contribution in [3.8, 4) is 0 Å². The molecule has 0 saturated carbocycles. The number of halogens is 1. The zero-order chi connectivity index (χ0) is 19.2. The van der Waals surface area contributed by atoms with E-state index in [1.54, 1.807) is 4.90 Å². The van der Waals surface area contributed by atoms with Gasteiger partial charge in [0.2, 0.25) is 15.9 Å². The average Bonchev–Trinajstić information content (AvgIpc) is 3.29. The van der Waals surface area contributed by atoms with Crippen molar-refractivity contribution in [2.24, 2.45) is 0 Å². The number of piperazine rings is 1. The third-order valence-electron chi connectivity index (χ3n) is 5.48. The molecule has 3 heterocycles. The maximum atomic E-state index is 13.5. The fourth-order valence-electron chi connectivity index (χ4n) is 3.85. The molecule has 1 aromatic heterocycles. The Morgan fingerprint density at radius 1 is 1.22 bits per heavy atom. The number of sulfonamides is 1. The van der Waals surface area contributed by atoms with Crippen LogP contribution in [0.1, 0.15) is 6.42 Å². The number of hydrogen-bond donors (Lipinski definition) is 0. The minimum atomic E-state index is -3.78. The summed E-state index contributed by atoms with van der Waals surface area (Å²) in [4.78, 5) is 16.2. The summed E-state index contributed by atoms with van der Waals surface area (Å²) in [6, 6.07) is 6.99. The van der Waals surface area contributed by atoms with Gasteiger partial charge in [0, 0.05) is 25.0 Å². The lowest BCUT2D eigenvalue weighted by Crippen LogP contribution is -2.64. The molecule has 1 spiro atoms. The van der Waals surface area contributed by atoms with E-state index in [0.29, 0.717) is 19.5 Å². The molecule has 0 unspecified atom stereocenters. The quantitative estimate of drug-likeness (QED) is 0.778. The molecule has 6 nitrogen and oxygen atoms in total. The highest BCUT2D eigenvalue weighted by atomic mass is 32.2. The van der Waals surface area contributed by atoms with Crippen molar-refractivity contribution in [2.75, 3.05) is 38.1 Å². The molecule has 1 amide bonds. The van der Waals surface area contributed by atoms with Gasteiger partial charge in [0.15, 0.2) is 0 Å². The van der Waals surface area contributed by atoms with Gasteiger partial charge in [-0.25, -0.2) is 12.8 Å². The van der Waals surface area contributed by atoms with Crippen LogP contribution in [0.25, 0.3) is 0 Å². The van der Waals surface area contributed by atoms with Crippen LogP contribution in [0.4, 0.5) is 10.1 Å². The van der Waals surface area contributed by atoms with Gasteiger partial charge in [0.1, 0.15) is 5.82 Å². The Hall–Kier alpha value is -1.81. The molecule has 1 aromatic carbocycles. The van der Waals surface area contributed by atoms with Crippen molar-refractivity contribution < 1.29 is 17.6 Å². The van der Waals surface area contributed by atoms with Crippen LogP contribution in [-0.2, 0) is 14.8 Å². The Bertz CT molecular complexity index is 964. The second-order valence-corrected chi connectivity index (χ2v) is 9.81. The van der Waals surface area contributed by atoms with Crippen molar-refractivity contribution in [3.05, 3.63) is 46.9 Å². The molecule has 0 radical (unpaired) electrons. The van der Waals surface area contributed by atoms with Gasteiger partial charge in [-0.15, -0.1) is 0 Å². The lowest BCUT2D eigenvalue weighted by atomic mass is 9.93. The second-order valence-electron chi connectivity index (χ2n) is 7.09. The molecule has 0 N–H and O–H groups in total. The van der Waals surface area contributed by atoms with E-state index >= 15 is 0 Å². The van der Waals surface area contributed by atoms with E-state index in [1.165, 1.54) is 33.8 Å². The lowest BCUT2D eigenvalue weighted by molar-refractivity contribution is -0.123. The van der Waals surface area contributed by atoms with E-state index in [0.717, 1.165) is 11.8 Å². The number of rotatable bonds is 3. The smallest absolute Gasteiger partial charge is 0.243 e. The lowest BCUT2D eigenvalue weighted by Gasteiger charge is -2.46. The van der Waals surface area contributed by atoms with Gasteiger partial charge in [-0.1, -0.05) is 6.07 Å². The van der Waals surface area contributed by atoms with Crippen molar-refractivity contribution in [2.45, 2.75) is 16.9 Å². The van der Waals surface area contributed by atoms with Crippen LogP contribution in [-0.4, -0.2) is 62.3 Å². The van der Waals surface area contributed by atoms with Crippen LogP contribution < -0.4 is 4.90 Å². The predicted octanol–water partition coefficient (Wildman–Crippen LogP) is 2.00. The highest BCUT2D eigenvalue weighted by Gasteiger charge is 2.50. The molecule has 1 atom stereocenters. The zero-order valence-electron chi connectivity index (χ0n) is 14.8. The van der Waals surface area contributed by atoms with E-state index in [9.17, 15) is 17.6 Å². The van der Waals surface area contributed by atoms with Gasteiger partial charge < -0.3 is 4.90 Å².